The predicted molar refractivity (Wildman–Crippen MR) is 89.3 cm³/mol. The van der Waals surface area contributed by atoms with Crippen molar-refractivity contribution in [2.75, 3.05) is 4.31 Å². The molecule has 0 unspecified atom stereocenters. The summed E-state index contributed by atoms with van der Waals surface area (Å²) in [6, 6.07) is 13.1. The number of thiophene rings is 1. The van der Waals surface area contributed by atoms with Crippen LogP contribution in [0.5, 0.6) is 0 Å². The van der Waals surface area contributed by atoms with Gasteiger partial charge in [0.2, 0.25) is 0 Å². The molecular formula is C15H10BrNO2S2. The Balaban J connectivity index is 1.92. The Kier molecular flexibility index (Phi) is 2.89. The van der Waals surface area contributed by atoms with Gasteiger partial charge in [-0.3, -0.25) is 4.31 Å². The van der Waals surface area contributed by atoms with Crippen LogP contribution in [0.3, 0.4) is 0 Å². The van der Waals surface area contributed by atoms with Gasteiger partial charge in [0, 0.05) is 5.39 Å². The lowest BCUT2D eigenvalue weighted by Gasteiger charge is -2.18. The van der Waals surface area contributed by atoms with E-state index in [1.54, 1.807) is 23.5 Å². The molecule has 21 heavy (non-hydrogen) atoms. The summed E-state index contributed by atoms with van der Waals surface area (Å²) < 4.78 is 28.1. The van der Waals surface area contributed by atoms with E-state index >= 15 is 0 Å². The standard InChI is InChI=1S/C15H10BrNO2S2/c16-14-7-10(9-20-14)8-17-12-5-1-3-11-4-2-6-13(15(11)12)21(17,18)19/h1-7,9H,8H2. The van der Waals surface area contributed by atoms with E-state index < -0.39 is 10.0 Å². The normalized spacial score (nSPS) is 15.8. The fourth-order valence-electron chi connectivity index (χ4n) is 2.72. The highest BCUT2D eigenvalue weighted by Crippen LogP contribution is 2.43. The third kappa shape index (κ3) is 1.93. The third-order valence-electron chi connectivity index (χ3n) is 3.63. The van der Waals surface area contributed by atoms with E-state index in [1.165, 1.54) is 4.31 Å². The average Bonchev–Trinajstić information content (AvgIpc) is 2.96. The van der Waals surface area contributed by atoms with Gasteiger partial charge in [0.15, 0.2) is 0 Å². The highest BCUT2D eigenvalue weighted by atomic mass is 79.9. The first-order chi connectivity index (χ1) is 10.1. The predicted octanol–water partition coefficient (Wildman–Crippen LogP) is 4.37. The number of nitrogens with zero attached hydrogens (tertiary/aromatic N) is 1. The van der Waals surface area contributed by atoms with Crippen LogP contribution in [0.2, 0.25) is 0 Å². The fraction of sp³-hybridized carbons (Fsp3) is 0.0667. The molecule has 4 rings (SSSR count). The molecule has 0 atom stereocenters. The lowest BCUT2D eigenvalue weighted by atomic mass is 10.1. The van der Waals surface area contributed by atoms with Gasteiger partial charge in [-0.05, 0) is 50.5 Å². The zero-order chi connectivity index (χ0) is 14.6. The average molecular weight is 380 g/mol. The van der Waals surface area contributed by atoms with Gasteiger partial charge in [0.05, 0.1) is 20.9 Å². The summed E-state index contributed by atoms with van der Waals surface area (Å²) >= 11 is 4.98. The second-order valence-electron chi connectivity index (χ2n) is 4.90. The van der Waals surface area contributed by atoms with Crippen molar-refractivity contribution in [3.05, 3.63) is 57.2 Å². The maximum absolute atomic E-state index is 12.8. The summed E-state index contributed by atoms with van der Waals surface area (Å²) in [5, 5.41) is 3.76. The molecule has 0 N–H and O–H groups in total. The maximum Gasteiger partial charge on any atom is 0.265 e. The molecule has 1 aliphatic heterocycles. The van der Waals surface area contributed by atoms with Crippen molar-refractivity contribution < 1.29 is 8.42 Å². The second-order valence-corrected chi connectivity index (χ2v) is 9.02. The van der Waals surface area contributed by atoms with Gasteiger partial charge in [0.25, 0.3) is 10.0 Å². The molecule has 0 saturated heterocycles. The molecule has 6 heteroatoms. The molecule has 0 bridgehead atoms. The minimum atomic E-state index is -3.46. The smallest absolute Gasteiger partial charge is 0.261 e. The Morgan fingerprint density at radius 2 is 1.90 bits per heavy atom. The number of rotatable bonds is 2. The van der Waals surface area contributed by atoms with Gasteiger partial charge < -0.3 is 0 Å². The molecule has 106 valence electrons. The molecule has 0 aliphatic carbocycles. The van der Waals surface area contributed by atoms with Crippen LogP contribution in [0.4, 0.5) is 5.69 Å². The van der Waals surface area contributed by atoms with Crippen molar-refractivity contribution in [3.63, 3.8) is 0 Å². The first-order valence-electron chi connectivity index (χ1n) is 6.35. The molecule has 2 heterocycles. The fourth-order valence-corrected chi connectivity index (χ4v) is 5.62. The summed E-state index contributed by atoms with van der Waals surface area (Å²) in [4.78, 5) is 0.407. The molecule has 0 radical (unpaired) electrons. The second kappa shape index (κ2) is 4.56. The summed E-state index contributed by atoms with van der Waals surface area (Å²) in [5.41, 5.74) is 1.76. The van der Waals surface area contributed by atoms with E-state index in [2.05, 4.69) is 15.9 Å². The van der Waals surface area contributed by atoms with Crippen LogP contribution in [0.1, 0.15) is 5.56 Å². The van der Waals surface area contributed by atoms with Crippen molar-refractivity contribution in [2.24, 2.45) is 0 Å². The van der Waals surface area contributed by atoms with E-state index in [1.807, 2.05) is 35.7 Å². The van der Waals surface area contributed by atoms with Crippen LogP contribution < -0.4 is 4.31 Å². The van der Waals surface area contributed by atoms with Crippen molar-refractivity contribution >= 4 is 53.7 Å². The van der Waals surface area contributed by atoms with Crippen LogP contribution in [0.25, 0.3) is 10.8 Å². The van der Waals surface area contributed by atoms with Gasteiger partial charge in [-0.25, -0.2) is 8.42 Å². The van der Waals surface area contributed by atoms with Crippen LogP contribution >= 0.6 is 27.3 Å². The number of halogens is 1. The van der Waals surface area contributed by atoms with Crippen molar-refractivity contribution in [2.45, 2.75) is 11.4 Å². The summed E-state index contributed by atoms with van der Waals surface area (Å²) in [5.74, 6) is 0. The molecular weight excluding hydrogens is 370 g/mol. The number of hydrogen-bond donors (Lipinski definition) is 0. The molecule has 1 aliphatic rings. The van der Waals surface area contributed by atoms with Crippen LogP contribution in [0, 0.1) is 0 Å². The SMILES string of the molecule is O=S1(=O)c2cccc3cccc(c23)N1Cc1csc(Br)c1. The summed E-state index contributed by atoms with van der Waals surface area (Å²) in [6.45, 7) is 0.359. The molecule has 0 saturated carbocycles. The zero-order valence-electron chi connectivity index (χ0n) is 10.8. The molecule has 3 aromatic rings. The van der Waals surface area contributed by atoms with E-state index in [0.29, 0.717) is 11.4 Å². The number of benzene rings is 2. The Bertz CT molecular complexity index is 957. The Morgan fingerprint density at radius 1 is 1.14 bits per heavy atom. The minimum absolute atomic E-state index is 0.359. The van der Waals surface area contributed by atoms with Crippen LogP contribution in [-0.2, 0) is 16.6 Å². The zero-order valence-corrected chi connectivity index (χ0v) is 14.0. The molecule has 0 amide bonds. The van der Waals surface area contributed by atoms with Crippen LogP contribution in [-0.4, -0.2) is 8.42 Å². The first kappa shape index (κ1) is 13.3. The van der Waals surface area contributed by atoms with E-state index in [-0.39, 0.29) is 0 Å². The van der Waals surface area contributed by atoms with Gasteiger partial charge in [-0.15, -0.1) is 11.3 Å². The van der Waals surface area contributed by atoms with Gasteiger partial charge in [-0.1, -0.05) is 24.3 Å². The van der Waals surface area contributed by atoms with Crippen LogP contribution in [0.15, 0.2) is 56.5 Å². The lowest BCUT2D eigenvalue weighted by Crippen LogP contribution is -2.26. The topological polar surface area (TPSA) is 37.4 Å². The molecule has 0 spiro atoms. The van der Waals surface area contributed by atoms with E-state index in [9.17, 15) is 8.42 Å². The molecule has 0 fully saturated rings. The van der Waals surface area contributed by atoms with Gasteiger partial charge in [-0.2, -0.15) is 0 Å². The summed E-state index contributed by atoms with van der Waals surface area (Å²) in [6.07, 6.45) is 0. The monoisotopic (exact) mass is 379 g/mol. The quantitative estimate of drug-likeness (QED) is 0.662. The summed E-state index contributed by atoms with van der Waals surface area (Å²) in [7, 11) is -3.46. The Labute approximate surface area is 135 Å². The maximum atomic E-state index is 12.8. The van der Waals surface area contributed by atoms with E-state index in [4.69, 9.17) is 0 Å². The third-order valence-corrected chi connectivity index (χ3v) is 6.98. The number of anilines is 1. The minimum Gasteiger partial charge on any atom is -0.261 e. The molecule has 2 aromatic carbocycles. The Morgan fingerprint density at radius 3 is 2.62 bits per heavy atom. The van der Waals surface area contributed by atoms with Gasteiger partial charge >= 0.3 is 0 Å². The van der Waals surface area contributed by atoms with Crippen molar-refractivity contribution in [3.8, 4) is 0 Å². The van der Waals surface area contributed by atoms with E-state index in [0.717, 1.165) is 25.8 Å². The molecule has 1 aromatic heterocycles. The molecule has 3 nitrogen and oxygen atoms in total. The Hall–Kier alpha value is -1.37. The van der Waals surface area contributed by atoms with Crippen molar-refractivity contribution in [1.82, 2.24) is 0 Å². The highest BCUT2D eigenvalue weighted by molar-refractivity contribution is 9.11. The number of hydrogen-bond acceptors (Lipinski definition) is 3. The number of sulfonamides is 1. The van der Waals surface area contributed by atoms with Crippen molar-refractivity contribution in [1.29, 1.82) is 0 Å². The highest BCUT2D eigenvalue weighted by Gasteiger charge is 2.35. The lowest BCUT2D eigenvalue weighted by molar-refractivity contribution is 0.593. The largest absolute Gasteiger partial charge is 0.265 e. The van der Waals surface area contributed by atoms with Gasteiger partial charge in [0.1, 0.15) is 0 Å². The first-order valence-corrected chi connectivity index (χ1v) is 9.46.